The molecule has 7 heteroatoms. The average Bonchev–Trinajstić information content (AvgIpc) is 3.42. The molecule has 0 spiro atoms. The Morgan fingerprint density at radius 3 is 2.74 bits per heavy atom. The summed E-state index contributed by atoms with van der Waals surface area (Å²) in [6.07, 6.45) is 9.79. The van der Waals surface area contributed by atoms with E-state index in [4.69, 9.17) is 5.73 Å². The van der Waals surface area contributed by atoms with Crippen molar-refractivity contribution < 1.29 is 0 Å². The van der Waals surface area contributed by atoms with Crippen molar-refractivity contribution in [3.8, 4) is 11.1 Å². The molecular formula is C20H19N7. The number of nitrogens with zero attached hydrogens (tertiary/aromatic N) is 5. The average molecular weight is 357 g/mol. The third-order valence-corrected chi connectivity index (χ3v) is 4.76. The third-order valence-electron chi connectivity index (χ3n) is 4.76. The van der Waals surface area contributed by atoms with Crippen molar-refractivity contribution in [1.29, 1.82) is 0 Å². The van der Waals surface area contributed by atoms with Crippen molar-refractivity contribution in [2.75, 3.05) is 11.1 Å². The maximum Gasteiger partial charge on any atom is 0.227 e. The van der Waals surface area contributed by atoms with Gasteiger partial charge in [-0.15, -0.1) is 0 Å². The summed E-state index contributed by atoms with van der Waals surface area (Å²) in [5.74, 6) is 0.524. The number of rotatable bonds is 4. The summed E-state index contributed by atoms with van der Waals surface area (Å²) in [5.41, 5.74) is 11.5. The predicted molar refractivity (Wildman–Crippen MR) is 106 cm³/mol. The minimum atomic E-state index is 0.524. The van der Waals surface area contributed by atoms with E-state index in [1.54, 1.807) is 12.4 Å². The highest BCUT2D eigenvalue weighted by atomic mass is 15.3. The maximum absolute atomic E-state index is 6.24. The summed E-state index contributed by atoms with van der Waals surface area (Å²) < 4.78 is 1.99. The van der Waals surface area contributed by atoms with E-state index >= 15 is 0 Å². The van der Waals surface area contributed by atoms with Gasteiger partial charge in [-0.3, -0.25) is 9.67 Å². The van der Waals surface area contributed by atoms with Gasteiger partial charge in [-0.1, -0.05) is 6.07 Å². The van der Waals surface area contributed by atoms with Crippen LogP contribution in [-0.2, 0) is 0 Å². The molecule has 1 saturated carbocycles. The van der Waals surface area contributed by atoms with Crippen molar-refractivity contribution in [1.82, 2.24) is 24.7 Å². The molecule has 4 aromatic rings. The van der Waals surface area contributed by atoms with E-state index in [0.29, 0.717) is 17.7 Å². The number of benzene rings is 1. The molecule has 3 N–H and O–H groups in total. The molecule has 0 unspecified atom stereocenters. The molecule has 7 nitrogen and oxygen atoms in total. The normalized spacial score (nSPS) is 13.8. The van der Waals surface area contributed by atoms with Gasteiger partial charge in [0.15, 0.2) is 0 Å². The van der Waals surface area contributed by atoms with Crippen LogP contribution in [0.25, 0.3) is 22.0 Å². The minimum Gasteiger partial charge on any atom is -0.398 e. The molecule has 134 valence electrons. The van der Waals surface area contributed by atoms with Crippen LogP contribution < -0.4 is 11.1 Å². The Labute approximate surface area is 156 Å². The van der Waals surface area contributed by atoms with Gasteiger partial charge in [0.2, 0.25) is 5.95 Å². The van der Waals surface area contributed by atoms with E-state index in [2.05, 4.69) is 25.4 Å². The van der Waals surface area contributed by atoms with Crippen LogP contribution in [0, 0.1) is 6.92 Å². The van der Waals surface area contributed by atoms with Crippen LogP contribution in [-0.4, -0.2) is 24.7 Å². The van der Waals surface area contributed by atoms with Gasteiger partial charge >= 0.3 is 0 Å². The van der Waals surface area contributed by atoms with E-state index in [1.807, 2.05) is 48.3 Å². The lowest BCUT2D eigenvalue weighted by atomic mass is 10.0. The number of hydrogen-bond acceptors (Lipinski definition) is 6. The second-order valence-corrected chi connectivity index (χ2v) is 6.95. The number of nitrogens with one attached hydrogen (secondary N) is 1. The van der Waals surface area contributed by atoms with Crippen molar-refractivity contribution in [3.05, 3.63) is 54.7 Å². The second-order valence-electron chi connectivity index (χ2n) is 6.95. The molecule has 0 aliphatic heterocycles. The molecule has 0 atom stereocenters. The quantitative estimate of drug-likeness (QED) is 0.539. The Balaban J connectivity index is 1.50. The van der Waals surface area contributed by atoms with Gasteiger partial charge in [-0.2, -0.15) is 5.10 Å². The second kappa shape index (κ2) is 6.05. The fraction of sp³-hybridized carbons (Fsp3) is 0.200. The van der Waals surface area contributed by atoms with Gasteiger partial charge in [0.25, 0.3) is 0 Å². The molecule has 0 bridgehead atoms. The standard InChI is InChI=1S/C20H19N7/c1-12-2-3-13(8-22-12)14-6-18(21)17-10-23-20(26-19(17)7-14)25-15-9-24-27(11-15)16-4-5-16/h2-3,6-11,16H,4-5,21H2,1H3,(H,23,25,26). The van der Waals surface area contributed by atoms with Gasteiger partial charge in [-0.05, 0) is 43.5 Å². The van der Waals surface area contributed by atoms with E-state index in [-0.39, 0.29) is 0 Å². The minimum absolute atomic E-state index is 0.524. The zero-order chi connectivity index (χ0) is 18.4. The van der Waals surface area contributed by atoms with Crippen LogP contribution in [0.5, 0.6) is 0 Å². The zero-order valence-corrected chi connectivity index (χ0v) is 14.9. The first-order chi connectivity index (χ1) is 13.2. The first-order valence-corrected chi connectivity index (χ1v) is 8.96. The lowest BCUT2D eigenvalue weighted by Crippen LogP contribution is -1.98. The van der Waals surface area contributed by atoms with Crippen LogP contribution in [0.4, 0.5) is 17.3 Å². The largest absolute Gasteiger partial charge is 0.398 e. The van der Waals surface area contributed by atoms with Crippen LogP contribution in [0.2, 0.25) is 0 Å². The van der Waals surface area contributed by atoms with E-state index < -0.39 is 0 Å². The summed E-state index contributed by atoms with van der Waals surface area (Å²) in [4.78, 5) is 13.4. The van der Waals surface area contributed by atoms with Crippen molar-refractivity contribution in [2.45, 2.75) is 25.8 Å². The molecule has 0 saturated heterocycles. The summed E-state index contributed by atoms with van der Waals surface area (Å²) in [5, 5.41) is 8.44. The smallest absolute Gasteiger partial charge is 0.227 e. The van der Waals surface area contributed by atoms with E-state index in [0.717, 1.165) is 33.4 Å². The highest BCUT2D eigenvalue weighted by molar-refractivity contribution is 5.94. The molecule has 1 aliphatic carbocycles. The monoisotopic (exact) mass is 357 g/mol. The number of pyridine rings is 1. The fourth-order valence-corrected chi connectivity index (χ4v) is 3.10. The van der Waals surface area contributed by atoms with E-state index in [9.17, 15) is 0 Å². The highest BCUT2D eigenvalue weighted by Crippen LogP contribution is 2.35. The molecule has 27 heavy (non-hydrogen) atoms. The number of nitrogens with two attached hydrogens (primary N) is 1. The fourth-order valence-electron chi connectivity index (χ4n) is 3.10. The molecule has 1 fully saturated rings. The van der Waals surface area contributed by atoms with Gasteiger partial charge in [0.05, 0.1) is 23.4 Å². The number of aromatic nitrogens is 5. The molecule has 0 amide bonds. The van der Waals surface area contributed by atoms with Crippen LogP contribution in [0.15, 0.2) is 49.1 Å². The Kier molecular flexibility index (Phi) is 3.53. The van der Waals surface area contributed by atoms with Gasteiger partial charge in [0, 0.05) is 40.9 Å². The molecule has 1 aromatic carbocycles. The number of anilines is 3. The summed E-state index contributed by atoms with van der Waals surface area (Å²) >= 11 is 0. The van der Waals surface area contributed by atoms with Gasteiger partial charge in [-0.25, -0.2) is 9.97 Å². The summed E-state index contributed by atoms with van der Waals surface area (Å²) in [6.45, 7) is 1.97. The predicted octanol–water partition coefficient (Wildman–Crippen LogP) is 3.86. The van der Waals surface area contributed by atoms with Crippen LogP contribution in [0.3, 0.4) is 0 Å². The number of aryl methyl sites for hydroxylation is 1. The number of hydrogen-bond donors (Lipinski definition) is 2. The molecule has 1 aliphatic rings. The molecule has 0 radical (unpaired) electrons. The van der Waals surface area contributed by atoms with E-state index in [1.165, 1.54) is 12.8 Å². The van der Waals surface area contributed by atoms with Crippen LogP contribution >= 0.6 is 0 Å². The zero-order valence-electron chi connectivity index (χ0n) is 14.9. The van der Waals surface area contributed by atoms with Gasteiger partial charge < -0.3 is 11.1 Å². The maximum atomic E-state index is 6.24. The Bertz CT molecular complexity index is 1130. The summed E-state index contributed by atoms with van der Waals surface area (Å²) in [7, 11) is 0. The number of fused-ring (bicyclic) bond motifs is 1. The first-order valence-electron chi connectivity index (χ1n) is 8.96. The highest BCUT2D eigenvalue weighted by Gasteiger charge is 2.24. The van der Waals surface area contributed by atoms with Crippen molar-refractivity contribution in [2.24, 2.45) is 0 Å². The lowest BCUT2D eigenvalue weighted by Gasteiger charge is -2.08. The third kappa shape index (κ3) is 3.08. The topological polar surface area (TPSA) is 94.5 Å². The van der Waals surface area contributed by atoms with Crippen molar-refractivity contribution in [3.63, 3.8) is 0 Å². The molecule has 3 heterocycles. The SMILES string of the molecule is Cc1ccc(-c2cc(N)c3cnc(Nc4cnn(C5CC5)c4)nc3c2)cn1. The Morgan fingerprint density at radius 2 is 1.96 bits per heavy atom. The Hall–Kier alpha value is -3.48. The lowest BCUT2D eigenvalue weighted by molar-refractivity contribution is 0.642. The number of nitrogen functional groups attached to an aromatic ring is 1. The first kappa shape index (κ1) is 15.7. The van der Waals surface area contributed by atoms with Gasteiger partial charge in [0.1, 0.15) is 0 Å². The molecular weight excluding hydrogens is 338 g/mol. The Morgan fingerprint density at radius 1 is 1.07 bits per heavy atom. The molecule has 5 rings (SSSR count). The summed E-state index contributed by atoms with van der Waals surface area (Å²) in [6, 6.07) is 8.52. The van der Waals surface area contributed by atoms with Crippen molar-refractivity contribution >= 4 is 28.2 Å². The molecule has 3 aromatic heterocycles. The van der Waals surface area contributed by atoms with Crippen LogP contribution in [0.1, 0.15) is 24.6 Å².